The van der Waals surface area contributed by atoms with Crippen molar-refractivity contribution in [2.24, 2.45) is 5.18 Å². The van der Waals surface area contributed by atoms with Crippen molar-refractivity contribution in [3.05, 3.63) is 149 Å². The lowest BCUT2D eigenvalue weighted by Crippen LogP contribution is -1.97. The first-order valence-electron chi connectivity index (χ1n) is 17.1. The summed E-state index contributed by atoms with van der Waals surface area (Å²) >= 11 is 5.12. The number of para-hydroxylation sites is 2. The van der Waals surface area contributed by atoms with Gasteiger partial charge >= 0.3 is 11.9 Å². The maximum atomic E-state index is 11.8. The van der Waals surface area contributed by atoms with Gasteiger partial charge in [-0.3, -0.25) is 4.79 Å². The summed E-state index contributed by atoms with van der Waals surface area (Å²) < 4.78 is 4.44. The molecule has 0 spiro atoms. The van der Waals surface area contributed by atoms with E-state index in [1.165, 1.54) is 12.2 Å². The number of nitriles is 2. The fourth-order valence-corrected chi connectivity index (χ4v) is 10.3. The Morgan fingerprint density at radius 3 is 1.45 bits per heavy atom. The molecular weight excluding hydrogens is 759 g/mol. The molecule has 5 heterocycles. The molecule has 0 saturated heterocycles. The standard InChI is InChI=1S/C44H23N5O4S3/c45-23-27(43(50)47-53)19-25-9-11-35-31(21-25)29-5-1-3-7-33(29)48(35)41-17-15-39(55-41)37-13-14-38(54-37)40-16-18-42(56-40)49-34-8-4-2-6-30(34)32-22-26(10-12-36(32)49)20-28(24-46)44(51)52/h1-22H,(H,51,52)/b27-19+,28-20+. The summed E-state index contributed by atoms with van der Waals surface area (Å²) in [5.74, 6) is -2.35. The Hall–Kier alpha value is -7.22. The third-order valence-electron chi connectivity index (χ3n) is 9.52. The molecule has 5 aromatic heterocycles. The molecular formula is C44H23N5O4S3. The van der Waals surface area contributed by atoms with Crippen LogP contribution in [-0.4, -0.2) is 26.1 Å². The molecule has 0 aliphatic rings. The van der Waals surface area contributed by atoms with E-state index in [-0.39, 0.29) is 11.1 Å². The fraction of sp³-hybridized carbons (Fsp3) is 0. The zero-order valence-corrected chi connectivity index (χ0v) is 31.3. The van der Waals surface area contributed by atoms with Crippen molar-refractivity contribution in [2.75, 3.05) is 0 Å². The van der Waals surface area contributed by atoms with Gasteiger partial charge in [0.05, 0.1) is 22.1 Å². The summed E-state index contributed by atoms with van der Waals surface area (Å²) in [5, 5.41) is 36.5. The van der Waals surface area contributed by atoms with Gasteiger partial charge in [0.25, 0.3) is 0 Å². The number of fused-ring (bicyclic) bond motifs is 6. The van der Waals surface area contributed by atoms with Gasteiger partial charge in [0.2, 0.25) is 0 Å². The molecule has 0 bridgehead atoms. The van der Waals surface area contributed by atoms with Gasteiger partial charge in [-0.25, -0.2) is 4.79 Å². The maximum absolute atomic E-state index is 11.8. The van der Waals surface area contributed by atoms with Crippen molar-refractivity contribution in [3.8, 4) is 41.6 Å². The van der Waals surface area contributed by atoms with Crippen LogP contribution in [0.3, 0.4) is 0 Å². The van der Waals surface area contributed by atoms with Crippen LogP contribution >= 0.6 is 34.0 Å². The van der Waals surface area contributed by atoms with Crippen molar-refractivity contribution in [3.63, 3.8) is 0 Å². The lowest BCUT2D eigenvalue weighted by molar-refractivity contribution is -0.132. The highest BCUT2D eigenvalue weighted by Gasteiger charge is 2.19. The number of amides is 1. The number of aliphatic carboxylic acids is 1. The van der Waals surface area contributed by atoms with Crippen molar-refractivity contribution in [1.82, 2.24) is 9.13 Å². The van der Waals surface area contributed by atoms with Gasteiger partial charge in [0.15, 0.2) is 0 Å². The molecule has 9 rings (SSSR count). The molecule has 0 aliphatic carbocycles. The molecule has 4 aromatic carbocycles. The molecule has 0 saturated carbocycles. The number of carbonyl (C=O) groups is 2. The number of thiophene rings is 3. The normalized spacial score (nSPS) is 12.0. The quantitative estimate of drug-likeness (QED) is 0.0924. The third kappa shape index (κ3) is 5.82. The largest absolute Gasteiger partial charge is 0.477 e. The van der Waals surface area contributed by atoms with E-state index in [0.717, 1.165) is 73.1 Å². The SMILES string of the molecule is N#C/C(=C\c1ccc2c(c1)c1ccccc1n2-c1ccc(-c2ccc(-c3ccc(-n4c5ccccc5c5cc(/C=C(\C#N)C(=O)N=O)ccc54)s3)s2)s1)C(=O)O. The third-order valence-corrected chi connectivity index (χ3v) is 13.1. The smallest absolute Gasteiger partial charge is 0.346 e. The number of hydrogen-bond donors (Lipinski definition) is 1. The van der Waals surface area contributed by atoms with E-state index in [9.17, 15) is 30.1 Å². The number of rotatable bonds is 8. The topological polar surface area (TPSA) is 141 Å². The van der Waals surface area contributed by atoms with Crippen LogP contribution in [0.4, 0.5) is 0 Å². The summed E-state index contributed by atoms with van der Waals surface area (Å²) in [6.45, 7) is 0. The fourth-order valence-electron chi connectivity index (χ4n) is 7.06. The van der Waals surface area contributed by atoms with Crippen LogP contribution in [0.5, 0.6) is 0 Å². The Morgan fingerprint density at radius 2 is 0.982 bits per heavy atom. The summed E-state index contributed by atoms with van der Waals surface area (Å²) in [5.41, 5.74) is 4.64. The van der Waals surface area contributed by atoms with Crippen LogP contribution in [0, 0.1) is 27.6 Å². The zero-order chi connectivity index (χ0) is 38.5. The van der Waals surface area contributed by atoms with E-state index in [2.05, 4.69) is 68.9 Å². The van der Waals surface area contributed by atoms with Gasteiger partial charge in [0, 0.05) is 46.2 Å². The average molecular weight is 782 g/mol. The number of benzene rings is 4. The number of aromatic nitrogens is 2. The highest BCUT2D eigenvalue weighted by molar-refractivity contribution is 7.27. The van der Waals surface area contributed by atoms with E-state index in [0.29, 0.717) is 11.1 Å². The molecule has 1 amide bonds. The number of carboxylic acids is 1. The summed E-state index contributed by atoms with van der Waals surface area (Å²) in [7, 11) is 0. The van der Waals surface area contributed by atoms with Gasteiger partial charge in [-0.15, -0.1) is 38.9 Å². The minimum atomic E-state index is -1.26. The van der Waals surface area contributed by atoms with Crippen LogP contribution in [0.1, 0.15) is 11.1 Å². The summed E-state index contributed by atoms with van der Waals surface area (Å²) in [6.07, 6.45) is 2.79. The van der Waals surface area contributed by atoms with E-state index >= 15 is 0 Å². The number of carboxylic acid groups (broad SMARTS) is 1. The van der Waals surface area contributed by atoms with Crippen LogP contribution < -0.4 is 0 Å². The average Bonchev–Trinajstić information content (AvgIpc) is 4.07. The lowest BCUT2D eigenvalue weighted by atomic mass is 10.1. The predicted molar refractivity (Wildman–Crippen MR) is 225 cm³/mol. The molecule has 9 aromatic rings. The zero-order valence-electron chi connectivity index (χ0n) is 28.8. The van der Waals surface area contributed by atoms with Gasteiger partial charge in [-0.2, -0.15) is 10.5 Å². The van der Waals surface area contributed by atoms with Crippen molar-refractivity contribution >= 4 is 102 Å². The Labute approximate surface area is 329 Å². The van der Waals surface area contributed by atoms with Crippen LogP contribution in [0.2, 0.25) is 0 Å². The minimum absolute atomic E-state index is 0.314. The second kappa shape index (κ2) is 13.9. The van der Waals surface area contributed by atoms with E-state index in [4.69, 9.17) is 0 Å². The highest BCUT2D eigenvalue weighted by atomic mass is 32.1. The summed E-state index contributed by atoms with van der Waals surface area (Å²) in [4.78, 5) is 38.6. The van der Waals surface area contributed by atoms with E-state index in [1.807, 2.05) is 66.7 Å². The number of nitrogens with zero attached hydrogens (tertiary/aromatic N) is 5. The van der Waals surface area contributed by atoms with E-state index in [1.54, 1.807) is 46.1 Å². The molecule has 56 heavy (non-hydrogen) atoms. The first-order chi connectivity index (χ1) is 27.3. The first kappa shape index (κ1) is 34.5. The number of nitroso groups, excluding NO2 is 1. The molecule has 266 valence electrons. The van der Waals surface area contributed by atoms with Crippen LogP contribution in [-0.2, 0) is 9.59 Å². The number of carbonyl (C=O) groups excluding carboxylic acids is 1. The van der Waals surface area contributed by atoms with Crippen LogP contribution in [0.25, 0.3) is 85.3 Å². The van der Waals surface area contributed by atoms with Gasteiger partial charge in [0.1, 0.15) is 33.3 Å². The molecule has 9 nitrogen and oxygen atoms in total. The van der Waals surface area contributed by atoms with Crippen LogP contribution in [0.15, 0.2) is 138 Å². The second-order valence-electron chi connectivity index (χ2n) is 12.7. The Kier molecular flexibility index (Phi) is 8.56. The van der Waals surface area contributed by atoms with Gasteiger partial charge < -0.3 is 14.2 Å². The predicted octanol–water partition coefficient (Wildman–Crippen LogP) is 11.6. The Balaban J connectivity index is 1.05. The number of hydrogen-bond acceptors (Lipinski definition) is 8. The van der Waals surface area contributed by atoms with Crippen molar-refractivity contribution in [1.29, 1.82) is 10.5 Å². The molecule has 0 aliphatic heterocycles. The monoisotopic (exact) mass is 781 g/mol. The van der Waals surface area contributed by atoms with E-state index < -0.39 is 11.9 Å². The first-order valence-corrected chi connectivity index (χ1v) is 19.5. The molecule has 0 radical (unpaired) electrons. The molecule has 1 N–H and O–H groups in total. The molecule has 0 unspecified atom stereocenters. The molecule has 0 fully saturated rings. The maximum Gasteiger partial charge on any atom is 0.346 e. The van der Waals surface area contributed by atoms with Crippen molar-refractivity contribution in [2.45, 2.75) is 0 Å². The molecule has 0 atom stereocenters. The van der Waals surface area contributed by atoms with Gasteiger partial charge in [-0.05, 0) is 96.1 Å². The minimum Gasteiger partial charge on any atom is -0.477 e. The lowest BCUT2D eigenvalue weighted by Gasteiger charge is -2.04. The Bertz CT molecular complexity index is 3270. The van der Waals surface area contributed by atoms with Gasteiger partial charge in [-0.1, -0.05) is 48.5 Å². The Morgan fingerprint density at radius 1 is 0.554 bits per heavy atom. The van der Waals surface area contributed by atoms with Crippen molar-refractivity contribution < 1.29 is 14.7 Å². The molecule has 12 heteroatoms. The summed E-state index contributed by atoms with van der Waals surface area (Å²) in [6, 6.07) is 44.0. The second-order valence-corrected chi connectivity index (χ2v) is 15.9. The highest BCUT2D eigenvalue weighted by Crippen LogP contribution is 2.44.